The maximum absolute atomic E-state index is 11.9. The summed E-state index contributed by atoms with van der Waals surface area (Å²) < 4.78 is 5.52. The molecule has 1 aliphatic rings. The van der Waals surface area contributed by atoms with Crippen molar-refractivity contribution in [3.05, 3.63) is 60.0 Å². The Hall–Kier alpha value is -3.68. The molecule has 8 heteroatoms. The van der Waals surface area contributed by atoms with Crippen LogP contribution in [-0.4, -0.2) is 48.1 Å². The first kappa shape index (κ1) is 23.5. The van der Waals surface area contributed by atoms with E-state index in [1.54, 1.807) is 26.6 Å². The van der Waals surface area contributed by atoms with Gasteiger partial charge >= 0.3 is 0 Å². The van der Waals surface area contributed by atoms with Crippen molar-refractivity contribution < 1.29 is 9.53 Å². The predicted molar refractivity (Wildman–Crippen MR) is 134 cm³/mol. The molecule has 2 heterocycles. The molecule has 3 N–H and O–H groups in total. The number of hydrogen-bond acceptors (Lipinski definition) is 7. The molecule has 0 spiro atoms. The summed E-state index contributed by atoms with van der Waals surface area (Å²) in [7, 11) is 3.25. The molecule has 178 valence electrons. The number of anilines is 2. The zero-order chi connectivity index (χ0) is 23.9. The summed E-state index contributed by atoms with van der Waals surface area (Å²) in [5.74, 6) is 3.39. The number of carbonyl (C=O) groups excluding carboxylic acids is 1. The first-order valence-corrected chi connectivity index (χ1v) is 11.7. The number of rotatable bonds is 11. The zero-order valence-corrected chi connectivity index (χ0v) is 20.0. The fourth-order valence-corrected chi connectivity index (χ4v) is 3.76. The van der Waals surface area contributed by atoms with Gasteiger partial charge in [-0.25, -0.2) is 15.0 Å². The molecule has 3 aromatic rings. The van der Waals surface area contributed by atoms with Crippen LogP contribution < -0.4 is 20.7 Å². The minimum absolute atomic E-state index is 0.126. The number of methoxy groups -OCH3 is 1. The van der Waals surface area contributed by atoms with Gasteiger partial charge in [0.1, 0.15) is 23.7 Å². The molecule has 34 heavy (non-hydrogen) atoms. The highest BCUT2D eigenvalue weighted by molar-refractivity contribution is 5.94. The summed E-state index contributed by atoms with van der Waals surface area (Å²) >= 11 is 0. The zero-order valence-electron chi connectivity index (χ0n) is 20.0. The second-order valence-electron chi connectivity index (χ2n) is 8.84. The van der Waals surface area contributed by atoms with Crippen LogP contribution in [0, 0.1) is 11.8 Å². The van der Waals surface area contributed by atoms with Gasteiger partial charge in [-0.3, -0.25) is 4.79 Å². The largest absolute Gasteiger partial charge is 0.496 e. The Morgan fingerprint density at radius 2 is 1.94 bits per heavy atom. The lowest BCUT2D eigenvalue weighted by Crippen LogP contribution is -2.18. The molecule has 2 aromatic heterocycles. The summed E-state index contributed by atoms with van der Waals surface area (Å²) in [5, 5.41) is 9.44. The lowest BCUT2D eigenvalue weighted by atomic mass is 9.98. The third-order valence-electron chi connectivity index (χ3n) is 5.97. The number of carbonyl (C=O) groups is 1. The Kier molecular flexibility index (Phi) is 7.57. The molecule has 1 fully saturated rings. The fraction of sp³-hybridized carbons (Fsp3) is 0.385. The molecule has 1 aromatic carbocycles. The molecular formula is C26H32N6O2. The van der Waals surface area contributed by atoms with Crippen LogP contribution >= 0.6 is 0 Å². The van der Waals surface area contributed by atoms with Crippen LogP contribution in [0.5, 0.6) is 5.75 Å². The van der Waals surface area contributed by atoms with Crippen LogP contribution in [0.4, 0.5) is 11.6 Å². The number of aromatic nitrogens is 3. The quantitative estimate of drug-likeness (QED) is 0.397. The van der Waals surface area contributed by atoms with Gasteiger partial charge in [-0.05, 0) is 60.9 Å². The van der Waals surface area contributed by atoms with Crippen LogP contribution in [-0.2, 0) is 6.42 Å². The normalized spacial score (nSPS) is 13.7. The van der Waals surface area contributed by atoms with Gasteiger partial charge in [0.2, 0.25) is 0 Å². The Bertz CT molecular complexity index is 1110. The van der Waals surface area contributed by atoms with E-state index in [1.165, 1.54) is 12.8 Å². The van der Waals surface area contributed by atoms with E-state index < -0.39 is 0 Å². The van der Waals surface area contributed by atoms with Gasteiger partial charge in [0.15, 0.2) is 0 Å². The second kappa shape index (κ2) is 11.0. The Morgan fingerprint density at radius 3 is 2.65 bits per heavy atom. The van der Waals surface area contributed by atoms with Crippen molar-refractivity contribution in [3.63, 3.8) is 0 Å². The molecule has 1 unspecified atom stereocenters. The van der Waals surface area contributed by atoms with Crippen LogP contribution in [0.25, 0.3) is 11.3 Å². The summed E-state index contributed by atoms with van der Waals surface area (Å²) in [5.41, 5.74) is 3.44. The van der Waals surface area contributed by atoms with Crippen molar-refractivity contribution in [1.82, 2.24) is 20.3 Å². The lowest BCUT2D eigenvalue weighted by molar-refractivity contribution is 0.0962. The Labute approximate surface area is 200 Å². The van der Waals surface area contributed by atoms with Crippen molar-refractivity contribution in [2.75, 3.05) is 37.9 Å². The minimum atomic E-state index is -0.126. The summed E-state index contributed by atoms with van der Waals surface area (Å²) in [6.45, 7) is 3.90. The van der Waals surface area contributed by atoms with E-state index >= 15 is 0 Å². The van der Waals surface area contributed by atoms with Crippen molar-refractivity contribution in [1.29, 1.82) is 0 Å². The summed E-state index contributed by atoms with van der Waals surface area (Å²) in [6.07, 6.45) is 6.86. The standard InChI is InChI=1S/C26H32N6O2/c1-17(10-19-6-7-20(26(33)27-2)11-23(19)34-3)13-28-25-12-22(31-16-32-25)21-8-9-24(30-15-21)29-14-18-4-5-18/h6-9,11-12,15-18H,4-5,10,13-14H2,1-3H3,(H,27,33)(H,29,30)(H,28,31,32). The van der Waals surface area contributed by atoms with E-state index in [1.807, 2.05) is 36.5 Å². The molecule has 1 aliphatic carbocycles. The average molecular weight is 461 g/mol. The third-order valence-corrected chi connectivity index (χ3v) is 5.97. The van der Waals surface area contributed by atoms with E-state index in [4.69, 9.17) is 4.74 Å². The van der Waals surface area contributed by atoms with E-state index in [0.29, 0.717) is 11.5 Å². The van der Waals surface area contributed by atoms with Crippen molar-refractivity contribution in [2.45, 2.75) is 26.2 Å². The Balaban J connectivity index is 1.34. The minimum Gasteiger partial charge on any atom is -0.496 e. The highest BCUT2D eigenvalue weighted by Gasteiger charge is 2.20. The smallest absolute Gasteiger partial charge is 0.251 e. The molecule has 1 atom stereocenters. The maximum atomic E-state index is 11.9. The average Bonchev–Trinajstić information content (AvgIpc) is 3.71. The highest BCUT2D eigenvalue weighted by atomic mass is 16.5. The lowest BCUT2D eigenvalue weighted by Gasteiger charge is -2.16. The number of nitrogens with one attached hydrogen (secondary N) is 3. The van der Waals surface area contributed by atoms with Crippen LogP contribution in [0.3, 0.4) is 0 Å². The molecule has 0 aliphatic heterocycles. The van der Waals surface area contributed by atoms with E-state index in [0.717, 1.165) is 59.6 Å². The van der Waals surface area contributed by atoms with E-state index in [2.05, 4.69) is 37.8 Å². The molecular weight excluding hydrogens is 428 g/mol. The molecule has 0 saturated heterocycles. The van der Waals surface area contributed by atoms with E-state index in [-0.39, 0.29) is 5.91 Å². The molecule has 1 amide bonds. The van der Waals surface area contributed by atoms with Crippen molar-refractivity contribution in [3.8, 4) is 17.0 Å². The van der Waals surface area contributed by atoms with Gasteiger partial charge in [-0.1, -0.05) is 13.0 Å². The topological polar surface area (TPSA) is 101 Å². The number of benzene rings is 1. The number of amides is 1. The van der Waals surface area contributed by atoms with E-state index in [9.17, 15) is 4.79 Å². The van der Waals surface area contributed by atoms with Crippen molar-refractivity contribution >= 4 is 17.5 Å². The van der Waals surface area contributed by atoms with Gasteiger partial charge in [0.05, 0.1) is 12.8 Å². The molecule has 0 radical (unpaired) electrons. The second-order valence-corrected chi connectivity index (χ2v) is 8.84. The summed E-state index contributed by atoms with van der Waals surface area (Å²) in [6, 6.07) is 11.5. The molecule has 4 rings (SSSR count). The van der Waals surface area contributed by atoms with Crippen LogP contribution in [0.1, 0.15) is 35.7 Å². The number of hydrogen-bond donors (Lipinski definition) is 3. The van der Waals surface area contributed by atoms with Crippen LogP contribution in [0.15, 0.2) is 48.9 Å². The predicted octanol–water partition coefficient (Wildman–Crippen LogP) is 4.02. The fourth-order valence-electron chi connectivity index (χ4n) is 3.76. The monoisotopic (exact) mass is 460 g/mol. The number of ether oxygens (including phenoxy) is 1. The number of pyridine rings is 1. The molecule has 8 nitrogen and oxygen atoms in total. The van der Waals surface area contributed by atoms with Gasteiger partial charge in [0.25, 0.3) is 5.91 Å². The first-order valence-electron chi connectivity index (χ1n) is 11.7. The van der Waals surface area contributed by atoms with Gasteiger partial charge in [0, 0.05) is 43.5 Å². The van der Waals surface area contributed by atoms with Gasteiger partial charge < -0.3 is 20.7 Å². The maximum Gasteiger partial charge on any atom is 0.251 e. The third kappa shape index (κ3) is 6.21. The van der Waals surface area contributed by atoms with Crippen LogP contribution in [0.2, 0.25) is 0 Å². The number of nitrogens with zero attached hydrogens (tertiary/aromatic N) is 3. The highest BCUT2D eigenvalue weighted by Crippen LogP contribution is 2.29. The van der Waals surface area contributed by atoms with Crippen molar-refractivity contribution in [2.24, 2.45) is 11.8 Å². The summed E-state index contributed by atoms with van der Waals surface area (Å²) in [4.78, 5) is 25.2. The first-order chi connectivity index (χ1) is 16.6. The molecule has 1 saturated carbocycles. The molecule has 0 bridgehead atoms. The SMILES string of the molecule is CNC(=O)c1ccc(CC(C)CNc2cc(-c3ccc(NCC4CC4)nc3)ncn2)c(OC)c1. The van der Waals surface area contributed by atoms with Gasteiger partial charge in [-0.2, -0.15) is 0 Å². The van der Waals surface area contributed by atoms with Gasteiger partial charge in [-0.15, -0.1) is 0 Å². The Morgan fingerprint density at radius 1 is 1.09 bits per heavy atom.